The summed E-state index contributed by atoms with van der Waals surface area (Å²) < 4.78 is 0. The number of piperidine rings is 1. The van der Waals surface area contributed by atoms with Crippen LogP contribution in [0.15, 0.2) is 18.2 Å². The SMILES string of the molecule is C[C@H]1CCCCN1c1ccc([N+](=O)[O-])cc1N. The topological polar surface area (TPSA) is 72.4 Å². The molecule has 0 unspecified atom stereocenters. The molecule has 2 rings (SSSR count). The molecule has 5 heteroatoms. The normalized spacial score (nSPS) is 20.3. The maximum absolute atomic E-state index is 10.6. The number of hydrogen-bond donors (Lipinski definition) is 1. The van der Waals surface area contributed by atoms with Gasteiger partial charge < -0.3 is 10.6 Å². The maximum atomic E-state index is 10.6. The van der Waals surface area contributed by atoms with Crippen LogP contribution in [0.3, 0.4) is 0 Å². The molecule has 0 aromatic heterocycles. The van der Waals surface area contributed by atoms with Crippen molar-refractivity contribution in [3.05, 3.63) is 28.3 Å². The zero-order chi connectivity index (χ0) is 12.4. The highest BCUT2D eigenvalue weighted by atomic mass is 16.6. The van der Waals surface area contributed by atoms with Gasteiger partial charge in [0.2, 0.25) is 0 Å². The first-order valence-electron chi connectivity index (χ1n) is 5.90. The highest BCUT2D eigenvalue weighted by molar-refractivity contribution is 5.71. The molecule has 0 radical (unpaired) electrons. The van der Waals surface area contributed by atoms with Gasteiger partial charge in [-0.25, -0.2) is 0 Å². The van der Waals surface area contributed by atoms with Gasteiger partial charge in [0, 0.05) is 24.7 Å². The van der Waals surface area contributed by atoms with Gasteiger partial charge in [-0.3, -0.25) is 10.1 Å². The molecule has 1 fully saturated rings. The van der Waals surface area contributed by atoms with E-state index in [9.17, 15) is 10.1 Å². The van der Waals surface area contributed by atoms with E-state index in [0.29, 0.717) is 11.7 Å². The molecule has 5 nitrogen and oxygen atoms in total. The van der Waals surface area contributed by atoms with Crippen molar-refractivity contribution in [2.45, 2.75) is 32.2 Å². The minimum atomic E-state index is -0.417. The van der Waals surface area contributed by atoms with Gasteiger partial charge in [-0.2, -0.15) is 0 Å². The van der Waals surface area contributed by atoms with Crippen LogP contribution in [-0.2, 0) is 0 Å². The summed E-state index contributed by atoms with van der Waals surface area (Å²) >= 11 is 0. The first-order chi connectivity index (χ1) is 8.09. The quantitative estimate of drug-likeness (QED) is 0.485. The summed E-state index contributed by atoms with van der Waals surface area (Å²) in [5, 5.41) is 10.6. The Hall–Kier alpha value is -1.78. The molecular weight excluding hydrogens is 218 g/mol. The Morgan fingerprint density at radius 3 is 2.82 bits per heavy atom. The van der Waals surface area contributed by atoms with E-state index < -0.39 is 4.92 Å². The standard InChI is InChI=1S/C12H17N3O2/c1-9-4-2-3-7-14(9)12-6-5-10(15(16)17)8-11(12)13/h5-6,8-9H,2-4,7,13H2,1H3/t9-/m0/s1. The molecule has 17 heavy (non-hydrogen) atoms. The smallest absolute Gasteiger partial charge is 0.271 e. The van der Waals surface area contributed by atoms with Crippen molar-refractivity contribution >= 4 is 17.1 Å². The van der Waals surface area contributed by atoms with Crippen LogP contribution < -0.4 is 10.6 Å². The number of rotatable bonds is 2. The van der Waals surface area contributed by atoms with Crippen molar-refractivity contribution in [2.24, 2.45) is 0 Å². The lowest BCUT2D eigenvalue weighted by atomic mass is 10.0. The number of benzene rings is 1. The number of nitro groups is 1. The molecule has 0 saturated carbocycles. The molecule has 0 amide bonds. The van der Waals surface area contributed by atoms with Crippen molar-refractivity contribution in [1.29, 1.82) is 0 Å². The van der Waals surface area contributed by atoms with Crippen LogP contribution in [0.25, 0.3) is 0 Å². The lowest BCUT2D eigenvalue weighted by molar-refractivity contribution is -0.384. The highest BCUT2D eigenvalue weighted by Gasteiger charge is 2.21. The zero-order valence-corrected chi connectivity index (χ0v) is 9.93. The number of nitrogens with zero attached hydrogens (tertiary/aromatic N) is 2. The maximum Gasteiger partial charge on any atom is 0.271 e. The van der Waals surface area contributed by atoms with Crippen LogP contribution >= 0.6 is 0 Å². The average Bonchev–Trinajstić information content (AvgIpc) is 2.30. The van der Waals surface area contributed by atoms with Crippen LogP contribution in [0.2, 0.25) is 0 Å². The van der Waals surface area contributed by atoms with Gasteiger partial charge in [0.05, 0.1) is 16.3 Å². The second kappa shape index (κ2) is 4.61. The number of hydrogen-bond acceptors (Lipinski definition) is 4. The van der Waals surface area contributed by atoms with Gasteiger partial charge in [0.25, 0.3) is 5.69 Å². The monoisotopic (exact) mass is 235 g/mol. The van der Waals surface area contributed by atoms with E-state index in [4.69, 9.17) is 5.73 Å². The number of nitrogen functional groups attached to an aromatic ring is 1. The molecular formula is C12H17N3O2. The molecule has 1 aromatic carbocycles. The Bertz CT molecular complexity index is 434. The van der Waals surface area contributed by atoms with Crippen molar-refractivity contribution in [3.63, 3.8) is 0 Å². The zero-order valence-electron chi connectivity index (χ0n) is 9.93. The van der Waals surface area contributed by atoms with Crippen molar-refractivity contribution in [1.82, 2.24) is 0 Å². The first kappa shape index (κ1) is 11.7. The third-order valence-corrected chi connectivity index (χ3v) is 3.33. The molecule has 92 valence electrons. The minimum Gasteiger partial charge on any atom is -0.397 e. The summed E-state index contributed by atoms with van der Waals surface area (Å²) in [7, 11) is 0. The molecule has 1 aliphatic rings. The van der Waals surface area contributed by atoms with Crippen LogP contribution in [-0.4, -0.2) is 17.5 Å². The molecule has 0 spiro atoms. The fraction of sp³-hybridized carbons (Fsp3) is 0.500. The summed E-state index contributed by atoms with van der Waals surface area (Å²) in [5.74, 6) is 0. The molecule has 1 aliphatic heterocycles. The molecule has 1 heterocycles. The van der Waals surface area contributed by atoms with Crippen molar-refractivity contribution in [3.8, 4) is 0 Å². The lowest BCUT2D eigenvalue weighted by Crippen LogP contribution is -2.37. The Balaban J connectivity index is 2.29. The largest absolute Gasteiger partial charge is 0.397 e. The summed E-state index contributed by atoms with van der Waals surface area (Å²) in [4.78, 5) is 12.5. The number of nitro benzene ring substituents is 1. The van der Waals surface area contributed by atoms with Gasteiger partial charge in [-0.15, -0.1) is 0 Å². The summed E-state index contributed by atoms with van der Waals surface area (Å²) in [5.41, 5.74) is 7.37. The number of non-ortho nitro benzene ring substituents is 1. The fourth-order valence-corrected chi connectivity index (χ4v) is 2.37. The van der Waals surface area contributed by atoms with E-state index in [0.717, 1.165) is 25.1 Å². The van der Waals surface area contributed by atoms with Crippen molar-refractivity contribution < 1.29 is 4.92 Å². The third-order valence-electron chi connectivity index (χ3n) is 3.33. The Labute approximate surface area is 100 Å². The lowest BCUT2D eigenvalue weighted by Gasteiger charge is -2.36. The Kier molecular flexibility index (Phi) is 3.17. The van der Waals surface area contributed by atoms with Gasteiger partial charge >= 0.3 is 0 Å². The second-order valence-corrected chi connectivity index (χ2v) is 4.54. The van der Waals surface area contributed by atoms with Crippen LogP contribution in [0.1, 0.15) is 26.2 Å². The predicted molar refractivity (Wildman–Crippen MR) is 68.2 cm³/mol. The third kappa shape index (κ3) is 2.33. The van der Waals surface area contributed by atoms with E-state index in [1.807, 2.05) is 0 Å². The van der Waals surface area contributed by atoms with E-state index in [2.05, 4.69) is 11.8 Å². The number of nitrogens with two attached hydrogens (primary N) is 1. The average molecular weight is 235 g/mol. The van der Waals surface area contributed by atoms with Crippen LogP contribution in [0.5, 0.6) is 0 Å². The van der Waals surface area contributed by atoms with E-state index in [1.165, 1.54) is 18.6 Å². The Morgan fingerprint density at radius 1 is 1.47 bits per heavy atom. The molecule has 1 aromatic rings. The Morgan fingerprint density at radius 2 is 2.24 bits per heavy atom. The van der Waals surface area contributed by atoms with Crippen LogP contribution in [0, 0.1) is 10.1 Å². The first-order valence-corrected chi connectivity index (χ1v) is 5.90. The number of anilines is 2. The summed E-state index contributed by atoms with van der Waals surface area (Å²) in [6.45, 7) is 3.14. The van der Waals surface area contributed by atoms with Gasteiger partial charge in [-0.1, -0.05) is 0 Å². The van der Waals surface area contributed by atoms with Gasteiger partial charge in [0.15, 0.2) is 0 Å². The van der Waals surface area contributed by atoms with Gasteiger partial charge in [-0.05, 0) is 32.3 Å². The predicted octanol–water partition coefficient (Wildman–Crippen LogP) is 2.56. The molecule has 1 saturated heterocycles. The molecule has 1 atom stereocenters. The molecule has 0 bridgehead atoms. The van der Waals surface area contributed by atoms with Crippen molar-refractivity contribution in [2.75, 3.05) is 17.2 Å². The van der Waals surface area contributed by atoms with Gasteiger partial charge in [0.1, 0.15) is 0 Å². The van der Waals surface area contributed by atoms with E-state index in [1.54, 1.807) is 6.07 Å². The van der Waals surface area contributed by atoms with E-state index >= 15 is 0 Å². The summed E-state index contributed by atoms with van der Waals surface area (Å²) in [6, 6.07) is 5.17. The van der Waals surface area contributed by atoms with Crippen LogP contribution in [0.4, 0.5) is 17.1 Å². The minimum absolute atomic E-state index is 0.0518. The van der Waals surface area contributed by atoms with E-state index in [-0.39, 0.29) is 5.69 Å². The summed E-state index contributed by atoms with van der Waals surface area (Å²) in [6.07, 6.45) is 3.54. The second-order valence-electron chi connectivity index (χ2n) is 4.54. The molecule has 0 aliphatic carbocycles. The highest BCUT2D eigenvalue weighted by Crippen LogP contribution is 2.31. The molecule has 2 N–H and O–H groups in total. The fourth-order valence-electron chi connectivity index (χ4n) is 2.37.